The maximum absolute atomic E-state index is 4.34. The van der Waals surface area contributed by atoms with Crippen LogP contribution in [0, 0.1) is 0 Å². The molecule has 0 aliphatic rings. The molecule has 0 aliphatic carbocycles. The second-order valence-corrected chi connectivity index (χ2v) is 14.7. The van der Waals surface area contributed by atoms with E-state index in [0.717, 1.165) is 0 Å². The molecule has 1 heterocycles. The number of aromatic nitrogens is 1. The van der Waals surface area contributed by atoms with Crippen LogP contribution in [-0.4, -0.2) is 4.98 Å². The SMILES string of the molecule is c1ccc(-c2ccc3c(-c4ccc(-c5ccc(-c6cccc7c6ccc6cc8ccccc8cc67)cc5)cc4)c4ccccc4c(-c4ccncc4)c3c2)cc1. The molecule has 1 aromatic heterocycles. The molecule has 1 nitrogen and oxygen atoms in total. The Balaban J connectivity index is 0.994. The van der Waals surface area contributed by atoms with E-state index in [1.807, 2.05) is 12.4 Å². The number of nitrogens with zero attached hydrogens (tertiary/aromatic N) is 1. The van der Waals surface area contributed by atoms with Crippen LogP contribution >= 0.6 is 0 Å². The van der Waals surface area contributed by atoms with Crippen molar-refractivity contribution in [3.8, 4) is 55.6 Å². The topological polar surface area (TPSA) is 12.9 Å². The summed E-state index contributed by atoms with van der Waals surface area (Å²) in [5.74, 6) is 0. The molecule has 260 valence electrons. The molecular weight excluding hydrogens is 675 g/mol. The third-order valence-electron chi connectivity index (χ3n) is 11.5. The van der Waals surface area contributed by atoms with Gasteiger partial charge in [0.25, 0.3) is 0 Å². The average Bonchev–Trinajstić information content (AvgIpc) is 3.28. The highest BCUT2D eigenvalue weighted by Gasteiger charge is 2.18. The highest BCUT2D eigenvalue weighted by Crippen LogP contribution is 2.45. The normalized spacial score (nSPS) is 11.6. The molecule has 0 N–H and O–H groups in total. The molecule has 0 spiro atoms. The van der Waals surface area contributed by atoms with Crippen LogP contribution in [0.2, 0.25) is 0 Å². The van der Waals surface area contributed by atoms with Gasteiger partial charge in [0.1, 0.15) is 0 Å². The van der Waals surface area contributed by atoms with Crippen molar-refractivity contribution in [2.75, 3.05) is 0 Å². The van der Waals surface area contributed by atoms with Crippen molar-refractivity contribution in [2.24, 2.45) is 0 Å². The molecule has 0 atom stereocenters. The third-order valence-corrected chi connectivity index (χ3v) is 11.5. The summed E-state index contributed by atoms with van der Waals surface area (Å²) in [5.41, 5.74) is 12.2. The molecule has 1 heteroatoms. The van der Waals surface area contributed by atoms with Gasteiger partial charge in [-0.2, -0.15) is 0 Å². The first-order chi connectivity index (χ1) is 27.8. The molecular formula is C55H35N. The molecule has 0 fully saturated rings. The van der Waals surface area contributed by atoms with Crippen LogP contribution in [0.15, 0.2) is 213 Å². The second kappa shape index (κ2) is 13.2. The van der Waals surface area contributed by atoms with Gasteiger partial charge in [0.2, 0.25) is 0 Å². The van der Waals surface area contributed by atoms with Gasteiger partial charge in [0, 0.05) is 12.4 Å². The quantitative estimate of drug-likeness (QED) is 0.128. The number of hydrogen-bond donors (Lipinski definition) is 0. The largest absolute Gasteiger partial charge is 0.265 e. The predicted octanol–water partition coefficient (Wildman–Crippen LogP) is 15.2. The lowest BCUT2D eigenvalue weighted by Gasteiger charge is -2.19. The molecule has 0 bridgehead atoms. The van der Waals surface area contributed by atoms with E-state index < -0.39 is 0 Å². The van der Waals surface area contributed by atoms with Crippen LogP contribution in [0.25, 0.3) is 109 Å². The first kappa shape index (κ1) is 32.1. The number of rotatable bonds is 5. The van der Waals surface area contributed by atoms with Crippen molar-refractivity contribution in [3.63, 3.8) is 0 Å². The van der Waals surface area contributed by atoms with Gasteiger partial charge in [-0.05, 0) is 140 Å². The Bertz CT molecular complexity index is 3250. The number of pyridine rings is 1. The number of hydrogen-bond acceptors (Lipinski definition) is 1. The minimum atomic E-state index is 1.17. The first-order valence-electron chi connectivity index (χ1n) is 19.3. The molecule has 0 unspecified atom stereocenters. The van der Waals surface area contributed by atoms with Gasteiger partial charge >= 0.3 is 0 Å². The number of benzene rings is 10. The van der Waals surface area contributed by atoms with E-state index >= 15 is 0 Å². The van der Waals surface area contributed by atoms with E-state index in [1.54, 1.807) is 0 Å². The fourth-order valence-corrected chi connectivity index (χ4v) is 8.83. The molecule has 0 saturated carbocycles. The lowest BCUT2D eigenvalue weighted by Crippen LogP contribution is -1.92. The zero-order valence-corrected chi connectivity index (χ0v) is 30.7. The highest BCUT2D eigenvalue weighted by atomic mass is 14.6. The standard InChI is InChI=1S/C55H35N/c1-2-9-36(10-3-1)44-25-28-51-53(35-44)55(41-29-31-56-32-30-41)50-14-7-6-13-49(50)54(51)40-23-19-38(20-24-40)37-17-21-39(22-18-37)46-15-8-16-47-48(46)27-26-45-33-42-11-4-5-12-43(42)34-52(45)47/h1-35H. The average molecular weight is 710 g/mol. The summed E-state index contributed by atoms with van der Waals surface area (Å²) in [4.78, 5) is 4.34. The Morgan fingerprint density at radius 3 is 1.48 bits per heavy atom. The summed E-state index contributed by atoms with van der Waals surface area (Å²) >= 11 is 0. The first-order valence-corrected chi connectivity index (χ1v) is 19.3. The van der Waals surface area contributed by atoms with E-state index in [1.165, 1.54) is 109 Å². The fourth-order valence-electron chi connectivity index (χ4n) is 8.83. The van der Waals surface area contributed by atoms with E-state index in [0.29, 0.717) is 0 Å². The van der Waals surface area contributed by atoms with Crippen LogP contribution in [-0.2, 0) is 0 Å². The smallest absolute Gasteiger partial charge is 0.0273 e. The summed E-state index contributed by atoms with van der Waals surface area (Å²) in [6.07, 6.45) is 3.78. The van der Waals surface area contributed by atoms with Crippen LogP contribution in [0.1, 0.15) is 0 Å². The molecule has 0 radical (unpaired) electrons. The zero-order chi connectivity index (χ0) is 37.0. The molecule has 0 amide bonds. The van der Waals surface area contributed by atoms with Crippen LogP contribution < -0.4 is 0 Å². The lowest BCUT2D eigenvalue weighted by atomic mass is 9.85. The minimum Gasteiger partial charge on any atom is -0.265 e. The lowest BCUT2D eigenvalue weighted by molar-refractivity contribution is 1.33. The summed E-state index contributed by atoms with van der Waals surface area (Å²) in [7, 11) is 0. The van der Waals surface area contributed by atoms with Gasteiger partial charge in [0.05, 0.1) is 0 Å². The van der Waals surface area contributed by atoms with Gasteiger partial charge in [0.15, 0.2) is 0 Å². The minimum absolute atomic E-state index is 1.17. The summed E-state index contributed by atoms with van der Waals surface area (Å²) in [6.45, 7) is 0. The van der Waals surface area contributed by atoms with Crippen molar-refractivity contribution in [1.82, 2.24) is 4.98 Å². The van der Waals surface area contributed by atoms with E-state index in [2.05, 4.69) is 205 Å². The van der Waals surface area contributed by atoms with Crippen LogP contribution in [0.5, 0.6) is 0 Å². The summed E-state index contributed by atoms with van der Waals surface area (Å²) in [5, 5.41) is 12.6. The molecule has 11 rings (SSSR count). The Morgan fingerprint density at radius 1 is 0.232 bits per heavy atom. The van der Waals surface area contributed by atoms with Crippen molar-refractivity contribution in [1.29, 1.82) is 0 Å². The summed E-state index contributed by atoms with van der Waals surface area (Å²) < 4.78 is 0. The molecule has 11 aromatic rings. The van der Waals surface area contributed by atoms with Crippen molar-refractivity contribution >= 4 is 53.9 Å². The maximum Gasteiger partial charge on any atom is 0.0273 e. The van der Waals surface area contributed by atoms with Crippen LogP contribution in [0.4, 0.5) is 0 Å². The molecule has 56 heavy (non-hydrogen) atoms. The van der Waals surface area contributed by atoms with Gasteiger partial charge < -0.3 is 0 Å². The van der Waals surface area contributed by atoms with Gasteiger partial charge in [-0.25, -0.2) is 0 Å². The fraction of sp³-hybridized carbons (Fsp3) is 0. The molecule has 0 saturated heterocycles. The second-order valence-electron chi connectivity index (χ2n) is 14.7. The third kappa shape index (κ3) is 5.36. The van der Waals surface area contributed by atoms with Crippen molar-refractivity contribution in [3.05, 3.63) is 213 Å². The van der Waals surface area contributed by atoms with Crippen molar-refractivity contribution < 1.29 is 0 Å². The monoisotopic (exact) mass is 709 g/mol. The highest BCUT2D eigenvalue weighted by molar-refractivity contribution is 6.22. The zero-order valence-electron chi connectivity index (χ0n) is 30.7. The Hall–Kier alpha value is -7.35. The van der Waals surface area contributed by atoms with Gasteiger partial charge in [-0.3, -0.25) is 4.98 Å². The maximum atomic E-state index is 4.34. The predicted molar refractivity (Wildman–Crippen MR) is 239 cm³/mol. The van der Waals surface area contributed by atoms with Crippen LogP contribution in [0.3, 0.4) is 0 Å². The van der Waals surface area contributed by atoms with Gasteiger partial charge in [-0.15, -0.1) is 0 Å². The Labute approximate surface area is 325 Å². The number of fused-ring (bicyclic) bond motifs is 6. The summed E-state index contributed by atoms with van der Waals surface area (Å²) in [6, 6.07) is 73.4. The Kier molecular flexibility index (Phi) is 7.57. The van der Waals surface area contributed by atoms with E-state index in [-0.39, 0.29) is 0 Å². The van der Waals surface area contributed by atoms with Crippen molar-refractivity contribution in [2.45, 2.75) is 0 Å². The van der Waals surface area contributed by atoms with E-state index in [9.17, 15) is 0 Å². The molecule has 10 aromatic carbocycles. The molecule has 0 aliphatic heterocycles. The van der Waals surface area contributed by atoms with Gasteiger partial charge in [-0.1, -0.05) is 170 Å². The van der Waals surface area contributed by atoms with E-state index in [4.69, 9.17) is 0 Å². The Morgan fingerprint density at radius 2 is 0.750 bits per heavy atom.